The average Bonchev–Trinajstić information content (AvgIpc) is 2.85. The summed E-state index contributed by atoms with van der Waals surface area (Å²) in [6, 6.07) is 0.379. The first-order valence-corrected chi connectivity index (χ1v) is 5.45. The minimum absolute atomic E-state index is 0.359. The fraction of sp³-hybridized carbons (Fsp3) is 0.800. The third-order valence-electron chi connectivity index (χ3n) is 2.91. The van der Waals surface area contributed by atoms with Gasteiger partial charge in [-0.25, -0.2) is 4.98 Å². The molecule has 1 saturated heterocycles. The molecule has 2 atom stereocenters. The molecule has 1 aliphatic heterocycles. The van der Waals surface area contributed by atoms with E-state index in [2.05, 4.69) is 22.3 Å². The molecule has 2 unspecified atom stereocenters. The van der Waals surface area contributed by atoms with Gasteiger partial charge < -0.3 is 10.1 Å². The minimum atomic E-state index is 0.359. The van der Waals surface area contributed by atoms with Crippen molar-refractivity contribution in [1.29, 1.82) is 0 Å². The monoisotopic (exact) mass is 210 g/mol. The van der Waals surface area contributed by atoms with Crippen LogP contribution in [0.3, 0.4) is 0 Å². The molecule has 1 aromatic heterocycles. The highest BCUT2D eigenvalue weighted by Crippen LogP contribution is 2.15. The molecule has 84 valence electrons. The maximum atomic E-state index is 5.61. The van der Waals surface area contributed by atoms with Crippen LogP contribution in [0.25, 0.3) is 0 Å². The highest BCUT2D eigenvalue weighted by atomic mass is 16.5. The number of aromatic nitrogens is 3. The summed E-state index contributed by atoms with van der Waals surface area (Å²) >= 11 is 0. The molecule has 1 aliphatic rings. The Morgan fingerprint density at radius 1 is 1.73 bits per heavy atom. The zero-order valence-electron chi connectivity index (χ0n) is 9.31. The van der Waals surface area contributed by atoms with Crippen LogP contribution in [0.15, 0.2) is 6.33 Å². The van der Waals surface area contributed by atoms with E-state index in [-0.39, 0.29) is 0 Å². The van der Waals surface area contributed by atoms with Gasteiger partial charge in [0, 0.05) is 19.7 Å². The topological polar surface area (TPSA) is 52.0 Å². The van der Waals surface area contributed by atoms with E-state index in [1.807, 2.05) is 7.05 Å². The van der Waals surface area contributed by atoms with Crippen LogP contribution < -0.4 is 5.32 Å². The predicted octanol–water partition coefficient (Wildman–Crippen LogP) is 0.472. The highest BCUT2D eigenvalue weighted by molar-refractivity contribution is 4.85. The van der Waals surface area contributed by atoms with Gasteiger partial charge in [0.15, 0.2) is 0 Å². The lowest BCUT2D eigenvalue weighted by Crippen LogP contribution is -2.37. The third-order valence-corrected chi connectivity index (χ3v) is 2.91. The standard InChI is InChI=1S/C10H18N4O/c1-8(9-4-3-5-15-9)11-6-10-12-7-13-14(10)2/h7-9,11H,3-6H2,1-2H3. The average molecular weight is 210 g/mol. The fourth-order valence-electron chi connectivity index (χ4n) is 1.86. The van der Waals surface area contributed by atoms with Crippen LogP contribution in [0, 0.1) is 0 Å². The number of nitrogens with zero attached hydrogens (tertiary/aromatic N) is 3. The van der Waals surface area contributed by atoms with Crippen LogP contribution >= 0.6 is 0 Å². The molecular formula is C10H18N4O. The van der Waals surface area contributed by atoms with Crippen LogP contribution in [-0.2, 0) is 18.3 Å². The van der Waals surface area contributed by atoms with E-state index < -0.39 is 0 Å². The van der Waals surface area contributed by atoms with Gasteiger partial charge in [-0.3, -0.25) is 4.68 Å². The molecule has 1 N–H and O–H groups in total. The second kappa shape index (κ2) is 4.72. The Morgan fingerprint density at radius 2 is 2.60 bits per heavy atom. The smallest absolute Gasteiger partial charge is 0.140 e. The molecule has 1 fully saturated rings. The predicted molar refractivity (Wildman–Crippen MR) is 56.3 cm³/mol. The van der Waals surface area contributed by atoms with Crippen molar-refractivity contribution in [3.63, 3.8) is 0 Å². The Hall–Kier alpha value is -0.940. The molecule has 0 bridgehead atoms. The first-order chi connectivity index (χ1) is 7.27. The van der Waals surface area contributed by atoms with E-state index in [0.29, 0.717) is 12.1 Å². The number of ether oxygens (including phenoxy) is 1. The van der Waals surface area contributed by atoms with Crippen LogP contribution in [0.1, 0.15) is 25.6 Å². The molecule has 5 nitrogen and oxygen atoms in total. The Bertz CT molecular complexity index is 306. The van der Waals surface area contributed by atoms with Crippen LogP contribution in [0.5, 0.6) is 0 Å². The normalized spacial score (nSPS) is 23.2. The largest absolute Gasteiger partial charge is 0.377 e. The van der Waals surface area contributed by atoms with Crippen molar-refractivity contribution in [3.8, 4) is 0 Å². The molecule has 0 saturated carbocycles. The van der Waals surface area contributed by atoms with Crippen molar-refractivity contribution in [1.82, 2.24) is 20.1 Å². The maximum Gasteiger partial charge on any atom is 0.140 e. The maximum absolute atomic E-state index is 5.61. The second-order valence-electron chi connectivity index (χ2n) is 4.02. The number of nitrogens with one attached hydrogen (secondary N) is 1. The number of aryl methyl sites for hydroxylation is 1. The van der Waals surface area contributed by atoms with Gasteiger partial charge in [0.05, 0.1) is 12.6 Å². The summed E-state index contributed by atoms with van der Waals surface area (Å²) in [4.78, 5) is 4.16. The molecule has 5 heteroatoms. The summed E-state index contributed by atoms with van der Waals surface area (Å²) in [6.07, 6.45) is 4.28. The van der Waals surface area contributed by atoms with Gasteiger partial charge in [-0.1, -0.05) is 0 Å². The molecule has 0 aromatic carbocycles. The Morgan fingerprint density at radius 3 is 3.20 bits per heavy atom. The van der Waals surface area contributed by atoms with Crippen molar-refractivity contribution >= 4 is 0 Å². The summed E-state index contributed by atoms with van der Waals surface area (Å²) < 4.78 is 7.40. The van der Waals surface area contributed by atoms with Gasteiger partial charge in [-0.05, 0) is 19.8 Å². The third kappa shape index (κ3) is 2.54. The van der Waals surface area contributed by atoms with Crippen molar-refractivity contribution < 1.29 is 4.74 Å². The lowest BCUT2D eigenvalue weighted by atomic mass is 10.1. The molecule has 15 heavy (non-hydrogen) atoms. The van der Waals surface area contributed by atoms with E-state index in [1.165, 1.54) is 6.42 Å². The summed E-state index contributed by atoms with van der Waals surface area (Å²) in [7, 11) is 1.90. The number of hydrogen-bond donors (Lipinski definition) is 1. The van der Waals surface area contributed by atoms with Crippen molar-refractivity contribution in [2.24, 2.45) is 7.05 Å². The first-order valence-electron chi connectivity index (χ1n) is 5.45. The molecule has 0 radical (unpaired) electrons. The first kappa shape index (κ1) is 10.6. The van der Waals surface area contributed by atoms with Gasteiger partial charge in [0.1, 0.15) is 12.2 Å². The fourth-order valence-corrected chi connectivity index (χ4v) is 1.86. The molecular weight excluding hydrogens is 192 g/mol. The van der Waals surface area contributed by atoms with Gasteiger partial charge in [0.25, 0.3) is 0 Å². The lowest BCUT2D eigenvalue weighted by molar-refractivity contribution is 0.0829. The molecule has 2 heterocycles. The summed E-state index contributed by atoms with van der Waals surface area (Å²) in [5.74, 6) is 0.958. The molecule has 2 rings (SSSR count). The lowest BCUT2D eigenvalue weighted by Gasteiger charge is -2.19. The molecule has 0 spiro atoms. The van der Waals surface area contributed by atoms with E-state index in [0.717, 1.165) is 25.4 Å². The Labute approximate surface area is 89.8 Å². The van der Waals surface area contributed by atoms with Crippen molar-refractivity contribution in [2.75, 3.05) is 6.61 Å². The molecule has 0 amide bonds. The number of rotatable bonds is 4. The van der Waals surface area contributed by atoms with Gasteiger partial charge in [0.2, 0.25) is 0 Å². The van der Waals surface area contributed by atoms with E-state index in [4.69, 9.17) is 4.74 Å². The number of hydrogen-bond acceptors (Lipinski definition) is 4. The van der Waals surface area contributed by atoms with E-state index >= 15 is 0 Å². The summed E-state index contributed by atoms with van der Waals surface area (Å²) in [5.41, 5.74) is 0. The van der Waals surface area contributed by atoms with Crippen LogP contribution in [-0.4, -0.2) is 33.5 Å². The summed E-state index contributed by atoms with van der Waals surface area (Å²) in [5, 5.41) is 7.45. The Kier molecular flexibility index (Phi) is 3.33. The second-order valence-corrected chi connectivity index (χ2v) is 4.02. The zero-order valence-corrected chi connectivity index (χ0v) is 9.31. The quantitative estimate of drug-likeness (QED) is 0.785. The van der Waals surface area contributed by atoms with Gasteiger partial charge in [-0.2, -0.15) is 5.10 Å². The van der Waals surface area contributed by atoms with Crippen molar-refractivity contribution in [2.45, 2.75) is 38.5 Å². The minimum Gasteiger partial charge on any atom is -0.377 e. The van der Waals surface area contributed by atoms with Crippen molar-refractivity contribution in [3.05, 3.63) is 12.2 Å². The molecule has 1 aromatic rings. The molecule has 0 aliphatic carbocycles. The summed E-state index contributed by atoms with van der Waals surface area (Å²) in [6.45, 7) is 3.81. The van der Waals surface area contributed by atoms with Crippen LogP contribution in [0.4, 0.5) is 0 Å². The SMILES string of the molecule is CC(NCc1ncnn1C)C1CCCO1. The van der Waals surface area contributed by atoms with E-state index in [1.54, 1.807) is 11.0 Å². The zero-order chi connectivity index (χ0) is 10.7. The van der Waals surface area contributed by atoms with Gasteiger partial charge in [-0.15, -0.1) is 0 Å². The Balaban J connectivity index is 1.80. The van der Waals surface area contributed by atoms with E-state index in [9.17, 15) is 0 Å². The highest BCUT2D eigenvalue weighted by Gasteiger charge is 2.21. The van der Waals surface area contributed by atoms with Crippen LogP contribution in [0.2, 0.25) is 0 Å². The van der Waals surface area contributed by atoms with Gasteiger partial charge >= 0.3 is 0 Å².